The van der Waals surface area contributed by atoms with E-state index in [1.807, 2.05) is 37.3 Å². The summed E-state index contributed by atoms with van der Waals surface area (Å²) in [7, 11) is 0. The maximum Gasteiger partial charge on any atom is 0.251 e. The highest BCUT2D eigenvalue weighted by molar-refractivity contribution is 5.96. The largest absolute Gasteiger partial charge is 0.349 e. The third-order valence-corrected chi connectivity index (χ3v) is 3.97. The van der Waals surface area contributed by atoms with E-state index in [0.29, 0.717) is 11.5 Å². The SMILES string of the molecule is Cc1cc(NN)ccc1C(=O)NC1CC1c1ccccc1. The van der Waals surface area contributed by atoms with Gasteiger partial charge in [0.25, 0.3) is 5.91 Å². The lowest BCUT2D eigenvalue weighted by molar-refractivity contribution is 0.0949. The van der Waals surface area contributed by atoms with E-state index >= 15 is 0 Å². The van der Waals surface area contributed by atoms with Crippen molar-refractivity contribution in [1.29, 1.82) is 0 Å². The van der Waals surface area contributed by atoms with Gasteiger partial charge in [-0.1, -0.05) is 30.3 Å². The van der Waals surface area contributed by atoms with Gasteiger partial charge in [0.05, 0.1) is 0 Å². The molecule has 4 N–H and O–H groups in total. The predicted molar refractivity (Wildman–Crippen MR) is 84.0 cm³/mol. The topological polar surface area (TPSA) is 67.1 Å². The van der Waals surface area contributed by atoms with Crippen LogP contribution < -0.4 is 16.6 Å². The zero-order valence-electron chi connectivity index (χ0n) is 12.0. The zero-order chi connectivity index (χ0) is 14.8. The van der Waals surface area contributed by atoms with Crippen LogP contribution in [0.25, 0.3) is 0 Å². The minimum atomic E-state index is -0.0143. The molecule has 4 heteroatoms. The van der Waals surface area contributed by atoms with E-state index in [4.69, 9.17) is 5.84 Å². The summed E-state index contributed by atoms with van der Waals surface area (Å²) in [4.78, 5) is 12.3. The number of nitrogens with one attached hydrogen (secondary N) is 2. The summed E-state index contributed by atoms with van der Waals surface area (Å²) >= 11 is 0. The minimum Gasteiger partial charge on any atom is -0.349 e. The number of hydrogen-bond acceptors (Lipinski definition) is 3. The Labute approximate surface area is 124 Å². The quantitative estimate of drug-likeness (QED) is 0.596. The molecule has 21 heavy (non-hydrogen) atoms. The highest BCUT2D eigenvalue weighted by Crippen LogP contribution is 2.40. The second-order valence-electron chi connectivity index (χ2n) is 5.51. The summed E-state index contributed by atoms with van der Waals surface area (Å²) in [5.74, 6) is 5.80. The van der Waals surface area contributed by atoms with E-state index in [1.54, 1.807) is 6.07 Å². The first kappa shape index (κ1) is 13.6. The lowest BCUT2D eigenvalue weighted by atomic mass is 10.1. The molecule has 1 aliphatic carbocycles. The molecule has 0 spiro atoms. The van der Waals surface area contributed by atoms with Gasteiger partial charge >= 0.3 is 0 Å². The van der Waals surface area contributed by atoms with E-state index in [0.717, 1.165) is 17.7 Å². The number of carbonyl (C=O) groups is 1. The van der Waals surface area contributed by atoms with Crippen molar-refractivity contribution in [3.63, 3.8) is 0 Å². The highest BCUT2D eigenvalue weighted by Gasteiger charge is 2.39. The van der Waals surface area contributed by atoms with E-state index in [2.05, 4.69) is 22.9 Å². The monoisotopic (exact) mass is 281 g/mol. The summed E-state index contributed by atoms with van der Waals surface area (Å²) < 4.78 is 0. The van der Waals surface area contributed by atoms with Crippen LogP contribution in [-0.2, 0) is 0 Å². The molecule has 4 nitrogen and oxygen atoms in total. The lowest BCUT2D eigenvalue weighted by Crippen LogP contribution is -2.27. The Kier molecular flexibility index (Phi) is 3.62. The molecule has 0 saturated heterocycles. The fourth-order valence-electron chi connectivity index (χ4n) is 2.68. The fraction of sp³-hybridized carbons (Fsp3) is 0.235. The van der Waals surface area contributed by atoms with Gasteiger partial charge in [0, 0.05) is 23.2 Å². The van der Waals surface area contributed by atoms with E-state index in [1.165, 1.54) is 5.56 Å². The van der Waals surface area contributed by atoms with Crippen LogP contribution in [0.3, 0.4) is 0 Å². The van der Waals surface area contributed by atoms with E-state index in [9.17, 15) is 4.79 Å². The van der Waals surface area contributed by atoms with Gasteiger partial charge in [0.2, 0.25) is 0 Å². The number of benzene rings is 2. The Balaban J connectivity index is 1.66. The van der Waals surface area contributed by atoms with Gasteiger partial charge in [0.15, 0.2) is 0 Å². The minimum absolute atomic E-state index is 0.0143. The molecule has 1 aliphatic rings. The maximum atomic E-state index is 12.3. The molecule has 2 aromatic carbocycles. The van der Waals surface area contributed by atoms with Crippen LogP contribution in [0.5, 0.6) is 0 Å². The summed E-state index contributed by atoms with van der Waals surface area (Å²) in [6.45, 7) is 1.91. The van der Waals surface area contributed by atoms with E-state index in [-0.39, 0.29) is 11.9 Å². The Hall–Kier alpha value is -2.33. The summed E-state index contributed by atoms with van der Waals surface area (Å²) in [6, 6.07) is 16.0. The van der Waals surface area contributed by atoms with Gasteiger partial charge in [-0.25, -0.2) is 0 Å². The first-order chi connectivity index (χ1) is 10.2. The van der Waals surface area contributed by atoms with Crippen molar-refractivity contribution in [2.45, 2.75) is 25.3 Å². The molecule has 2 aromatic rings. The van der Waals surface area contributed by atoms with Crippen LogP contribution in [0.15, 0.2) is 48.5 Å². The summed E-state index contributed by atoms with van der Waals surface area (Å²) in [6.07, 6.45) is 1.01. The molecule has 0 radical (unpaired) electrons. The fourth-order valence-corrected chi connectivity index (χ4v) is 2.68. The van der Waals surface area contributed by atoms with Crippen LogP contribution in [0, 0.1) is 6.92 Å². The zero-order valence-corrected chi connectivity index (χ0v) is 12.0. The third kappa shape index (κ3) is 2.90. The van der Waals surface area contributed by atoms with Crippen molar-refractivity contribution in [3.8, 4) is 0 Å². The van der Waals surface area contributed by atoms with E-state index < -0.39 is 0 Å². The Morgan fingerprint density at radius 3 is 2.62 bits per heavy atom. The molecule has 3 rings (SSSR count). The molecule has 0 aromatic heterocycles. The molecule has 2 atom stereocenters. The average molecular weight is 281 g/mol. The molecule has 1 saturated carbocycles. The highest BCUT2D eigenvalue weighted by atomic mass is 16.1. The average Bonchev–Trinajstić information content (AvgIpc) is 3.27. The third-order valence-electron chi connectivity index (χ3n) is 3.97. The van der Waals surface area contributed by atoms with Crippen molar-refractivity contribution in [2.75, 3.05) is 5.43 Å². The first-order valence-corrected chi connectivity index (χ1v) is 7.12. The summed E-state index contributed by atoms with van der Waals surface area (Å²) in [5, 5.41) is 3.11. The predicted octanol–water partition coefficient (Wildman–Crippen LogP) is 2.57. The van der Waals surface area contributed by atoms with Crippen LogP contribution in [-0.4, -0.2) is 11.9 Å². The first-order valence-electron chi connectivity index (χ1n) is 7.12. The molecule has 0 aliphatic heterocycles. The number of rotatable bonds is 4. The van der Waals surface area contributed by atoms with Crippen molar-refractivity contribution >= 4 is 11.6 Å². The molecule has 1 fully saturated rings. The van der Waals surface area contributed by atoms with Gasteiger partial charge in [-0.2, -0.15) is 0 Å². The van der Waals surface area contributed by atoms with Crippen molar-refractivity contribution in [3.05, 3.63) is 65.2 Å². The van der Waals surface area contributed by atoms with Crippen molar-refractivity contribution in [2.24, 2.45) is 5.84 Å². The Morgan fingerprint density at radius 1 is 1.19 bits per heavy atom. The lowest BCUT2D eigenvalue weighted by Gasteiger charge is -2.09. The molecule has 2 unspecified atom stereocenters. The van der Waals surface area contributed by atoms with Gasteiger partial charge < -0.3 is 10.7 Å². The smallest absolute Gasteiger partial charge is 0.251 e. The normalized spacial score (nSPS) is 19.9. The van der Waals surface area contributed by atoms with Crippen LogP contribution >= 0.6 is 0 Å². The Bertz CT molecular complexity index is 654. The molecular weight excluding hydrogens is 262 g/mol. The number of carbonyl (C=O) groups excluding carboxylic acids is 1. The van der Waals surface area contributed by atoms with Crippen molar-refractivity contribution < 1.29 is 4.79 Å². The molecule has 0 bridgehead atoms. The number of hydrazine groups is 1. The second-order valence-corrected chi connectivity index (χ2v) is 5.51. The van der Waals surface area contributed by atoms with Gasteiger partial charge in [-0.15, -0.1) is 0 Å². The van der Waals surface area contributed by atoms with Crippen molar-refractivity contribution in [1.82, 2.24) is 5.32 Å². The van der Waals surface area contributed by atoms with Crippen LogP contribution in [0.2, 0.25) is 0 Å². The second kappa shape index (κ2) is 5.58. The molecule has 108 valence electrons. The molecule has 1 amide bonds. The van der Waals surface area contributed by atoms with Crippen LogP contribution in [0.4, 0.5) is 5.69 Å². The van der Waals surface area contributed by atoms with Gasteiger partial charge in [-0.05, 0) is 42.7 Å². The number of nitrogen functional groups attached to an aromatic ring is 1. The number of anilines is 1. The van der Waals surface area contributed by atoms with Gasteiger partial charge in [-0.3, -0.25) is 10.6 Å². The number of hydrogen-bond donors (Lipinski definition) is 3. The van der Waals surface area contributed by atoms with Crippen LogP contribution in [0.1, 0.15) is 33.8 Å². The number of amides is 1. The molecular formula is C17H19N3O. The number of nitrogens with two attached hydrogens (primary N) is 1. The standard InChI is InChI=1S/C17H19N3O/c1-11-9-13(20-18)7-8-14(11)17(21)19-16-10-15(16)12-5-3-2-4-6-12/h2-9,15-16,20H,10,18H2,1H3,(H,19,21). The summed E-state index contributed by atoms with van der Waals surface area (Å²) in [5.41, 5.74) is 6.30. The maximum absolute atomic E-state index is 12.3. The van der Waals surface area contributed by atoms with Gasteiger partial charge in [0.1, 0.15) is 0 Å². The number of aryl methyl sites for hydroxylation is 1. The Morgan fingerprint density at radius 2 is 1.95 bits per heavy atom. The molecule has 0 heterocycles.